The smallest absolute Gasteiger partial charge is 0.271 e. The number of carbonyl (C=O) groups is 1. The average Bonchev–Trinajstić information content (AvgIpc) is 2.38. The SMILES string of the molecule is CC1(CNC(=O)c2ccc(Cl)nn2)CCOCC1. The number of nitrogens with zero attached hydrogens (tertiary/aromatic N) is 2. The van der Waals surface area contributed by atoms with Gasteiger partial charge in [-0.3, -0.25) is 4.79 Å². The van der Waals surface area contributed by atoms with E-state index in [1.807, 2.05) is 0 Å². The number of halogens is 1. The van der Waals surface area contributed by atoms with Crippen LogP contribution in [0.1, 0.15) is 30.3 Å². The number of nitrogens with one attached hydrogen (secondary N) is 1. The second-order valence-electron chi connectivity index (χ2n) is 4.85. The number of rotatable bonds is 3. The van der Waals surface area contributed by atoms with Crippen molar-refractivity contribution >= 4 is 17.5 Å². The minimum Gasteiger partial charge on any atom is -0.381 e. The first-order valence-corrected chi connectivity index (χ1v) is 6.32. The summed E-state index contributed by atoms with van der Waals surface area (Å²) >= 11 is 5.62. The zero-order chi connectivity index (χ0) is 13.0. The number of amides is 1. The highest BCUT2D eigenvalue weighted by atomic mass is 35.5. The van der Waals surface area contributed by atoms with Crippen molar-refractivity contribution in [2.24, 2.45) is 5.41 Å². The predicted octanol–water partition coefficient (Wildman–Crippen LogP) is 1.68. The monoisotopic (exact) mass is 269 g/mol. The maximum Gasteiger partial charge on any atom is 0.271 e. The van der Waals surface area contributed by atoms with Crippen LogP contribution in [0.5, 0.6) is 0 Å². The van der Waals surface area contributed by atoms with Crippen LogP contribution >= 0.6 is 11.6 Å². The van der Waals surface area contributed by atoms with Crippen LogP contribution in [0.15, 0.2) is 12.1 Å². The molecule has 1 N–H and O–H groups in total. The maximum atomic E-state index is 11.9. The minimum absolute atomic E-state index is 0.105. The van der Waals surface area contributed by atoms with E-state index in [2.05, 4.69) is 22.4 Å². The Hall–Kier alpha value is -1.20. The van der Waals surface area contributed by atoms with E-state index in [1.165, 1.54) is 0 Å². The van der Waals surface area contributed by atoms with Gasteiger partial charge in [0.25, 0.3) is 5.91 Å². The molecule has 2 rings (SSSR count). The van der Waals surface area contributed by atoms with Crippen molar-refractivity contribution < 1.29 is 9.53 Å². The highest BCUT2D eigenvalue weighted by Gasteiger charge is 2.27. The average molecular weight is 270 g/mol. The molecule has 6 heteroatoms. The van der Waals surface area contributed by atoms with Gasteiger partial charge >= 0.3 is 0 Å². The molecule has 0 bridgehead atoms. The molecule has 1 amide bonds. The molecule has 2 heterocycles. The summed E-state index contributed by atoms with van der Waals surface area (Å²) in [5, 5.41) is 10.6. The van der Waals surface area contributed by atoms with Gasteiger partial charge in [0.05, 0.1) is 0 Å². The van der Waals surface area contributed by atoms with Gasteiger partial charge in [0, 0.05) is 19.8 Å². The van der Waals surface area contributed by atoms with Crippen molar-refractivity contribution in [3.8, 4) is 0 Å². The van der Waals surface area contributed by atoms with E-state index in [-0.39, 0.29) is 22.2 Å². The standard InChI is InChI=1S/C12H16ClN3O2/c1-12(4-6-18-7-5-12)8-14-11(17)9-2-3-10(13)16-15-9/h2-3H,4-8H2,1H3,(H,14,17). The molecule has 18 heavy (non-hydrogen) atoms. The molecular weight excluding hydrogens is 254 g/mol. The lowest BCUT2D eigenvalue weighted by Gasteiger charge is -2.33. The van der Waals surface area contributed by atoms with E-state index in [9.17, 15) is 4.79 Å². The van der Waals surface area contributed by atoms with Crippen LogP contribution in [0.25, 0.3) is 0 Å². The van der Waals surface area contributed by atoms with Crippen molar-refractivity contribution in [3.05, 3.63) is 23.0 Å². The Kier molecular flexibility index (Phi) is 4.14. The third-order valence-corrected chi connectivity index (χ3v) is 3.44. The van der Waals surface area contributed by atoms with Gasteiger partial charge in [-0.15, -0.1) is 10.2 Å². The highest BCUT2D eigenvalue weighted by Crippen LogP contribution is 2.28. The first-order chi connectivity index (χ1) is 8.59. The first-order valence-electron chi connectivity index (χ1n) is 5.94. The molecule has 0 unspecified atom stereocenters. The van der Waals surface area contributed by atoms with Crippen molar-refractivity contribution in [1.29, 1.82) is 0 Å². The summed E-state index contributed by atoms with van der Waals surface area (Å²) in [6, 6.07) is 3.12. The van der Waals surface area contributed by atoms with Crippen molar-refractivity contribution in [3.63, 3.8) is 0 Å². The first kappa shape index (κ1) is 13.2. The minimum atomic E-state index is -0.216. The molecule has 1 aromatic heterocycles. The summed E-state index contributed by atoms with van der Waals surface area (Å²) in [7, 11) is 0. The van der Waals surface area contributed by atoms with E-state index in [4.69, 9.17) is 16.3 Å². The van der Waals surface area contributed by atoms with Crippen LogP contribution in [0.3, 0.4) is 0 Å². The van der Waals surface area contributed by atoms with Crippen LogP contribution < -0.4 is 5.32 Å². The Bertz CT molecular complexity index is 416. The molecule has 0 aromatic carbocycles. The Morgan fingerprint density at radius 1 is 1.44 bits per heavy atom. The number of carbonyl (C=O) groups excluding carboxylic acids is 1. The zero-order valence-corrected chi connectivity index (χ0v) is 11.0. The third kappa shape index (κ3) is 3.40. The molecule has 0 radical (unpaired) electrons. The second-order valence-corrected chi connectivity index (χ2v) is 5.23. The van der Waals surface area contributed by atoms with E-state index in [0.29, 0.717) is 6.54 Å². The molecule has 0 spiro atoms. The van der Waals surface area contributed by atoms with E-state index in [1.54, 1.807) is 12.1 Å². The Labute approximate surface area is 111 Å². The van der Waals surface area contributed by atoms with Gasteiger partial charge in [0.2, 0.25) is 0 Å². The summed E-state index contributed by atoms with van der Waals surface area (Å²) in [5.74, 6) is -0.216. The fourth-order valence-corrected chi connectivity index (χ4v) is 1.96. The number of aromatic nitrogens is 2. The van der Waals surface area contributed by atoms with Gasteiger partial charge < -0.3 is 10.1 Å². The number of hydrogen-bond donors (Lipinski definition) is 1. The zero-order valence-electron chi connectivity index (χ0n) is 10.3. The van der Waals surface area contributed by atoms with E-state index in [0.717, 1.165) is 26.1 Å². The lowest BCUT2D eigenvalue weighted by atomic mass is 9.82. The van der Waals surface area contributed by atoms with Gasteiger partial charge in [0.15, 0.2) is 10.8 Å². The fraction of sp³-hybridized carbons (Fsp3) is 0.583. The second kappa shape index (κ2) is 5.63. The van der Waals surface area contributed by atoms with E-state index >= 15 is 0 Å². The van der Waals surface area contributed by atoms with Crippen LogP contribution in [-0.4, -0.2) is 35.9 Å². The van der Waals surface area contributed by atoms with Crippen molar-refractivity contribution in [2.75, 3.05) is 19.8 Å². The lowest BCUT2D eigenvalue weighted by molar-refractivity contribution is 0.0238. The summed E-state index contributed by atoms with van der Waals surface area (Å²) in [4.78, 5) is 11.9. The fourth-order valence-electron chi connectivity index (χ4n) is 1.86. The van der Waals surface area contributed by atoms with Crippen LogP contribution in [0.4, 0.5) is 0 Å². The Morgan fingerprint density at radius 3 is 2.78 bits per heavy atom. The van der Waals surface area contributed by atoms with Crippen molar-refractivity contribution in [2.45, 2.75) is 19.8 Å². The van der Waals surface area contributed by atoms with E-state index < -0.39 is 0 Å². The summed E-state index contributed by atoms with van der Waals surface area (Å²) in [6.07, 6.45) is 1.92. The Balaban J connectivity index is 1.89. The predicted molar refractivity (Wildman–Crippen MR) is 67.5 cm³/mol. The molecule has 1 aliphatic rings. The van der Waals surface area contributed by atoms with Crippen LogP contribution in [-0.2, 0) is 4.74 Å². The summed E-state index contributed by atoms with van der Waals surface area (Å²) < 4.78 is 5.32. The number of ether oxygens (including phenoxy) is 1. The molecule has 98 valence electrons. The van der Waals surface area contributed by atoms with Crippen molar-refractivity contribution in [1.82, 2.24) is 15.5 Å². The molecule has 1 saturated heterocycles. The molecule has 0 atom stereocenters. The van der Waals surface area contributed by atoms with Gasteiger partial charge in [0.1, 0.15) is 0 Å². The molecule has 1 aliphatic heterocycles. The van der Waals surface area contributed by atoms with Gasteiger partial charge in [-0.2, -0.15) is 0 Å². The van der Waals surface area contributed by atoms with Gasteiger partial charge in [-0.25, -0.2) is 0 Å². The topological polar surface area (TPSA) is 64.1 Å². The number of hydrogen-bond acceptors (Lipinski definition) is 4. The van der Waals surface area contributed by atoms with Gasteiger partial charge in [-0.05, 0) is 30.4 Å². The molecular formula is C12H16ClN3O2. The molecule has 1 fully saturated rings. The van der Waals surface area contributed by atoms with Crippen LogP contribution in [0, 0.1) is 5.41 Å². The Morgan fingerprint density at radius 2 is 2.17 bits per heavy atom. The molecule has 5 nitrogen and oxygen atoms in total. The lowest BCUT2D eigenvalue weighted by Crippen LogP contribution is -2.39. The van der Waals surface area contributed by atoms with Crippen LogP contribution in [0.2, 0.25) is 5.15 Å². The molecule has 0 aliphatic carbocycles. The normalized spacial score (nSPS) is 18.3. The quantitative estimate of drug-likeness (QED) is 0.907. The van der Waals surface area contributed by atoms with Gasteiger partial charge in [-0.1, -0.05) is 18.5 Å². The third-order valence-electron chi connectivity index (χ3n) is 3.24. The largest absolute Gasteiger partial charge is 0.381 e. The highest BCUT2D eigenvalue weighted by molar-refractivity contribution is 6.29. The summed E-state index contributed by atoms with van der Waals surface area (Å²) in [6.45, 7) is 4.29. The maximum absolute atomic E-state index is 11.9. The molecule has 1 aromatic rings. The molecule has 0 saturated carbocycles. The summed E-state index contributed by atoms with van der Waals surface area (Å²) in [5.41, 5.74) is 0.392.